The van der Waals surface area contributed by atoms with Crippen molar-refractivity contribution in [3.05, 3.63) is 24.0 Å². The summed E-state index contributed by atoms with van der Waals surface area (Å²) in [5, 5.41) is 13.3. The molecule has 3 nitrogen and oxygen atoms in total. The normalized spacial score (nSPS) is 13.2. The molecule has 0 spiro atoms. The third-order valence-corrected chi connectivity index (χ3v) is 3.52. The number of aliphatic hydroxyl groups excluding tert-OH is 1. The number of aromatic nitrogens is 1. The van der Waals surface area contributed by atoms with Crippen molar-refractivity contribution in [3.8, 4) is 0 Å². The van der Waals surface area contributed by atoms with Crippen LogP contribution in [0.4, 0.5) is 0 Å². The molecule has 0 fully saturated rings. The van der Waals surface area contributed by atoms with E-state index in [1.165, 1.54) is 5.69 Å². The van der Waals surface area contributed by atoms with Gasteiger partial charge in [0, 0.05) is 31.5 Å². The fraction of sp³-hybridized carbons (Fsp3) is 0.714. The molecular weight excluding hydrogens is 212 g/mol. The third kappa shape index (κ3) is 4.17. The van der Waals surface area contributed by atoms with Crippen LogP contribution in [0.25, 0.3) is 0 Å². The quantitative estimate of drug-likeness (QED) is 0.729. The van der Waals surface area contributed by atoms with Crippen molar-refractivity contribution in [1.29, 1.82) is 0 Å². The van der Waals surface area contributed by atoms with Gasteiger partial charge in [-0.15, -0.1) is 0 Å². The molecule has 0 bridgehead atoms. The standard InChI is InChI=1S/C14H26N2O/c1-4-12(5-2)14(17)11-15-10-13-8-7-9-16(13)6-3/h7-9,12,14-15,17H,4-6,10-11H2,1-3H3. The number of hydrogen-bond donors (Lipinski definition) is 2. The van der Waals surface area contributed by atoms with Crippen LogP contribution in [-0.4, -0.2) is 22.3 Å². The topological polar surface area (TPSA) is 37.2 Å². The van der Waals surface area contributed by atoms with Crippen LogP contribution in [0.5, 0.6) is 0 Å². The Hall–Kier alpha value is -0.800. The Morgan fingerprint density at radius 2 is 2.00 bits per heavy atom. The maximum Gasteiger partial charge on any atom is 0.0692 e. The van der Waals surface area contributed by atoms with Gasteiger partial charge in [-0.25, -0.2) is 0 Å². The minimum absolute atomic E-state index is 0.227. The van der Waals surface area contributed by atoms with Crippen molar-refractivity contribution in [2.24, 2.45) is 5.92 Å². The first-order valence-corrected chi connectivity index (χ1v) is 6.75. The van der Waals surface area contributed by atoms with Crippen LogP contribution in [0.3, 0.4) is 0 Å². The van der Waals surface area contributed by atoms with Gasteiger partial charge in [0.2, 0.25) is 0 Å². The van der Waals surface area contributed by atoms with Crippen molar-refractivity contribution >= 4 is 0 Å². The van der Waals surface area contributed by atoms with Gasteiger partial charge < -0.3 is 15.0 Å². The molecule has 1 heterocycles. The van der Waals surface area contributed by atoms with E-state index >= 15 is 0 Å². The van der Waals surface area contributed by atoms with Gasteiger partial charge >= 0.3 is 0 Å². The predicted octanol–water partition coefficient (Wildman–Crippen LogP) is 2.39. The van der Waals surface area contributed by atoms with Crippen LogP contribution in [0.1, 0.15) is 39.3 Å². The summed E-state index contributed by atoms with van der Waals surface area (Å²) < 4.78 is 2.22. The summed E-state index contributed by atoms with van der Waals surface area (Å²) in [5.41, 5.74) is 1.28. The lowest BCUT2D eigenvalue weighted by Crippen LogP contribution is -2.32. The molecule has 0 radical (unpaired) electrons. The molecule has 98 valence electrons. The first-order chi connectivity index (χ1) is 8.22. The molecule has 1 atom stereocenters. The van der Waals surface area contributed by atoms with Crippen LogP contribution in [0.2, 0.25) is 0 Å². The Morgan fingerprint density at radius 1 is 1.29 bits per heavy atom. The summed E-state index contributed by atoms with van der Waals surface area (Å²) in [7, 11) is 0. The first kappa shape index (κ1) is 14.3. The van der Waals surface area contributed by atoms with Gasteiger partial charge in [-0.3, -0.25) is 0 Å². The highest BCUT2D eigenvalue weighted by molar-refractivity contribution is 5.06. The molecule has 1 aromatic rings. The molecule has 0 aromatic carbocycles. The average Bonchev–Trinajstić information content (AvgIpc) is 2.78. The predicted molar refractivity (Wildman–Crippen MR) is 71.9 cm³/mol. The van der Waals surface area contributed by atoms with E-state index in [-0.39, 0.29) is 6.10 Å². The van der Waals surface area contributed by atoms with Crippen molar-refractivity contribution in [3.63, 3.8) is 0 Å². The van der Waals surface area contributed by atoms with Gasteiger partial charge in [0.1, 0.15) is 0 Å². The van der Waals surface area contributed by atoms with Crippen LogP contribution in [0.15, 0.2) is 18.3 Å². The Kier molecular flexibility index (Phi) is 6.30. The number of aryl methyl sites for hydroxylation is 1. The van der Waals surface area contributed by atoms with Crippen LogP contribution in [-0.2, 0) is 13.1 Å². The molecule has 1 aromatic heterocycles. The number of nitrogens with zero attached hydrogens (tertiary/aromatic N) is 1. The van der Waals surface area contributed by atoms with Crippen LogP contribution >= 0.6 is 0 Å². The van der Waals surface area contributed by atoms with E-state index in [2.05, 4.69) is 49.0 Å². The number of hydrogen-bond acceptors (Lipinski definition) is 2. The minimum atomic E-state index is -0.227. The van der Waals surface area contributed by atoms with E-state index in [4.69, 9.17) is 0 Å². The number of rotatable bonds is 8. The molecule has 2 N–H and O–H groups in total. The molecule has 0 aliphatic rings. The maximum absolute atomic E-state index is 9.99. The van der Waals surface area contributed by atoms with E-state index in [0.29, 0.717) is 12.5 Å². The lowest BCUT2D eigenvalue weighted by Gasteiger charge is -2.20. The highest BCUT2D eigenvalue weighted by Crippen LogP contribution is 2.12. The number of aliphatic hydroxyl groups is 1. The smallest absolute Gasteiger partial charge is 0.0692 e. The average molecular weight is 238 g/mol. The van der Waals surface area contributed by atoms with E-state index in [1.807, 2.05) is 0 Å². The zero-order valence-corrected chi connectivity index (χ0v) is 11.3. The molecule has 0 saturated heterocycles. The van der Waals surface area contributed by atoms with E-state index < -0.39 is 0 Å². The summed E-state index contributed by atoms with van der Waals surface area (Å²) in [6, 6.07) is 4.19. The molecule has 0 amide bonds. The minimum Gasteiger partial charge on any atom is -0.392 e. The van der Waals surface area contributed by atoms with Gasteiger partial charge in [-0.2, -0.15) is 0 Å². The fourth-order valence-electron chi connectivity index (χ4n) is 2.27. The zero-order valence-electron chi connectivity index (χ0n) is 11.3. The first-order valence-electron chi connectivity index (χ1n) is 6.75. The molecule has 17 heavy (non-hydrogen) atoms. The maximum atomic E-state index is 9.99. The zero-order chi connectivity index (χ0) is 12.7. The molecular formula is C14H26N2O. The van der Waals surface area contributed by atoms with E-state index in [1.54, 1.807) is 0 Å². The Bertz CT molecular complexity index is 305. The lowest BCUT2D eigenvalue weighted by molar-refractivity contribution is 0.101. The summed E-state index contributed by atoms with van der Waals surface area (Å²) in [6.07, 6.45) is 3.96. The van der Waals surface area contributed by atoms with E-state index in [0.717, 1.165) is 25.9 Å². The second-order valence-electron chi connectivity index (χ2n) is 4.56. The van der Waals surface area contributed by atoms with Crippen molar-refractivity contribution in [2.45, 2.75) is 52.8 Å². The second-order valence-corrected chi connectivity index (χ2v) is 4.56. The summed E-state index contributed by atoms with van der Waals surface area (Å²) in [5.74, 6) is 0.417. The van der Waals surface area contributed by atoms with Crippen molar-refractivity contribution in [2.75, 3.05) is 6.54 Å². The van der Waals surface area contributed by atoms with Crippen molar-refractivity contribution < 1.29 is 5.11 Å². The molecule has 0 aliphatic heterocycles. The van der Waals surface area contributed by atoms with Gasteiger partial charge in [-0.1, -0.05) is 26.7 Å². The molecule has 1 unspecified atom stereocenters. The Labute approximate surface area is 105 Å². The summed E-state index contributed by atoms with van der Waals surface area (Å²) in [4.78, 5) is 0. The fourth-order valence-corrected chi connectivity index (χ4v) is 2.27. The van der Waals surface area contributed by atoms with Gasteiger partial charge in [-0.05, 0) is 25.0 Å². The summed E-state index contributed by atoms with van der Waals surface area (Å²) in [6.45, 7) is 8.93. The Balaban J connectivity index is 2.32. The SMILES string of the molecule is CCC(CC)C(O)CNCc1cccn1CC. The Morgan fingerprint density at radius 3 is 2.59 bits per heavy atom. The monoisotopic (exact) mass is 238 g/mol. The largest absolute Gasteiger partial charge is 0.392 e. The van der Waals surface area contributed by atoms with Gasteiger partial charge in [0.15, 0.2) is 0 Å². The van der Waals surface area contributed by atoms with E-state index in [9.17, 15) is 5.11 Å². The molecule has 1 rings (SSSR count). The third-order valence-electron chi connectivity index (χ3n) is 3.52. The van der Waals surface area contributed by atoms with Crippen molar-refractivity contribution in [1.82, 2.24) is 9.88 Å². The summed E-state index contributed by atoms with van der Waals surface area (Å²) >= 11 is 0. The second kappa shape index (κ2) is 7.51. The van der Waals surface area contributed by atoms with Gasteiger partial charge in [0.25, 0.3) is 0 Å². The van der Waals surface area contributed by atoms with Crippen LogP contribution in [0, 0.1) is 5.92 Å². The highest BCUT2D eigenvalue weighted by atomic mass is 16.3. The van der Waals surface area contributed by atoms with Gasteiger partial charge in [0.05, 0.1) is 6.10 Å². The molecule has 0 aliphatic carbocycles. The lowest BCUT2D eigenvalue weighted by atomic mass is 9.96. The molecule has 3 heteroatoms. The van der Waals surface area contributed by atoms with Crippen LogP contribution < -0.4 is 5.32 Å². The number of nitrogens with one attached hydrogen (secondary N) is 1. The highest BCUT2D eigenvalue weighted by Gasteiger charge is 2.14. The molecule has 0 saturated carbocycles.